The minimum Gasteiger partial charge on any atom is -0.444 e. The molecule has 4 heterocycles. The fourth-order valence-electron chi connectivity index (χ4n) is 11.5. The van der Waals surface area contributed by atoms with Gasteiger partial charge in [0.2, 0.25) is 0 Å². The standard InChI is InChI=1S/C16H23F3N4O2.C15H20BrF3N4O2.C15H21F3N4O2.C11H15F3N4.C10H20N2O2.ClH/c1-9-13(20-8-12(21-9)16(17,18)19)22-10-6-5-7-11(10)23-14(24)25-15(2,3)4;1-14(2,3)25-13(24)22-9-6-4-5-8(9)21-12-11(16)23-10(7-20-12)15(17,18)19;1-14(2,3)24-13(23)22-10-6-4-5-9(10)21-12-8-19-11(7-20-12)15(16,17)18;1-6-10(18-8-4-2-3-7(8)15)16-5-9(17-6)11(12,13)14;1-10(2,3)14-9(13)12-8-6-4-5-7(8)11;/h8,10-11H,5-7H2,1-4H3,(H,20,22)(H,23,24);7-9H,4-6H2,1-3H3,(H,20,21)(H,22,24);7-10H,4-6H2,1-3H3,(H,20,21)(H,22,23);5,7-8H,2-4,15H2,1H3,(H,16,18);7-8H,4-6,11H2,1-3H3,(H,12,13);1H/t10-,11-;8-,9-;9-,10-;2*7-,8-;/m00000./s1. The number of amides is 4. The normalized spacial score (nSPS) is 22.3. The number of ether oxygens (including phenoxy) is 4. The third-order valence-corrected chi connectivity index (χ3v) is 16.8. The summed E-state index contributed by atoms with van der Waals surface area (Å²) in [5.41, 5.74) is 5.78. The van der Waals surface area contributed by atoms with Crippen LogP contribution in [0.1, 0.15) is 214 Å². The molecule has 9 rings (SSSR count). The van der Waals surface area contributed by atoms with Crippen LogP contribution in [0.5, 0.6) is 0 Å². The van der Waals surface area contributed by atoms with Crippen LogP contribution in [0.2, 0.25) is 0 Å². The highest BCUT2D eigenvalue weighted by Gasteiger charge is 2.40. The third kappa shape index (κ3) is 32.7. The van der Waals surface area contributed by atoms with Crippen LogP contribution >= 0.6 is 28.3 Å². The number of aryl methyl sites for hydroxylation is 2. The summed E-state index contributed by atoms with van der Waals surface area (Å²) < 4.78 is 171. The number of nitrogens with one attached hydrogen (secondary N) is 8. The number of alkyl halides is 12. The van der Waals surface area contributed by atoms with E-state index in [2.05, 4.69) is 98.3 Å². The van der Waals surface area contributed by atoms with Gasteiger partial charge in [-0.3, -0.25) is 0 Å². The van der Waals surface area contributed by atoms with Crippen molar-refractivity contribution in [3.8, 4) is 0 Å². The molecule has 26 nitrogen and oxygen atoms in total. The largest absolute Gasteiger partial charge is 0.444 e. The molecule has 12 N–H and O–H groups in total. The van der Waals surface area contributed by atoms with E-state index in [9.17, 15) is 71.9 Å². The molecule has 4 amide bonds. The Morgan fingerprint density at radius 2 is 0.636 bits per heavy atom. The second-order valence-electron chi connectivity index (χ2n) is 30.0. The van der Waals surface area contributed by atoms with E-state index in [1.54, 1.807) is 62.3 Å². The van der Waals surface area contributed by atoms with Gasteiger partial charge >= 0.3 is 49.1 Å². The molecule has 5 aliphatic rings. The number of carbonyl (C=O) groups is 4. The molecule has 0 aromatic carbocycles. The zero-order chi connectivity index (χ0) is 79.7. The van der Waals surface area contributed by atoms with Gasteiger partial charge in [0.15, 0.2) is 28.6 Å². The summed E-state index contributed by atoms with van der Waals surface area (Å²) in [7, 11) is 0. The summed E-state index contributed by atoms with van der Waals surface area (Å²) in [6, 6.07) is -0.751. The first-order valence-corrected chi connectivity index (χ1v) is 35.4. The molecule has 40 heteroatoms. The maximum atomic E-state index is 12.7. The summed E-state index contributed by atoms with van der Waals surface area (Å²) in [5, 5.41) is 23.4. The number of anilines is 4. The Hall–Kier alpha value is -7.55. The monoisotopic (exact) mass is 1630 g/mol. The highest BCUT2D eigenvalue weighted by Crippen LogP contribution is 2.35. The Kier molecular flexibility index (Phi) is 33.2. The van der Waals surface area contributed by atoms with Crippen LogP contribution in [-0.2, 0) is 43.7 Å². The molecule has 5 aliphatic carbocycles. The average Bonchev–Trinajstić information content (AvgIpc) is 1.79. The van der Waals surface area contributed by atoms with Crippen LogP contribution in [0.15, 0.2) is 35.6 Å². The molecule has 0 spiro atoms. The molecule has 5 fully saturated rings. The summed E-state index contributed by atoms with van der Waals surface area (Å²) in [6.45, 7) is 24.5. The summed E-state index contributed by atoms with van der Waals surface area (Å²) >= 11 is 3.01. The van der Waals surface area contributed by atoms with Gasteiger partial charge < -0.3 is 72.9 Å². The van der Waals surface area contributed by atoms with Gasteiger partial charge in [0.05, 0.1) is 60.5 Å². The lowest BCUT2D eigenvalue weighted by atomic mass is 10.1. The lowest BCUT2D eigenvalue weighted by Crippen LogP contribution is -2.45. The molecule has 107 heavy (non-hydrogen) atoms. The molecule has 5 saturated carbocycles. The predicted molar refractivity (Wildman–Crippen MR) is 380 cm³/mol. The van der Waals surface area contributed by atoms with E-state index in [0.29, 0.717) is 24.4 Å². The van der Waals surface area contributed by atoms with Gasteiger partial charge in [-0.15, -0.1) is 12.4 Å². The molecule has 4 aromatic heterocycles. The Morgan fingerprint density at radius 3 is 0.935 bits per heavy atom. The number of rotatable bonds is 12. The second-order valence-corrected chi connectivity index (χ2v) is 30.8. The Labute approximate surface area is 628 Å². The van der Waals surface area contributed by atoms with Crippen molar-refractivity contribution in [3.05, 3.63) is 69.8 Å². The van der Waals surface area contributed by atoms with Gasteiger partial charge in [-0.25, -0.2) is 59.0 Å². The van der Waals surface area contributed by atoms with Crippen LogP contribution in [0, 0.1) is 13.8 Å². The van der Waals surface area contributed by atoms with Gasteiger partial charge in [0, 0.05) is 42.3 Å². The van der Waals surface area contributed by atoms with E-state index in [0.717, 1.165) is 109 Å². The van der Waals surface area contributed by atoms with Crippen LogP contribution in [-0.4, -0.2) is 147 Å². The molecular formula is C67H100BrClF12N18O8. The fraction of sp³-hybridized carbons (Fsp3) is 0.701. The van der Waals surface area contributed by atoms with Crippen molar-refractivity contribution >= 4 is 76.0 Å². The number of halogens is 14. The maximum Gasteiger partial charge on any atom is 0.434 e. The third-order valence-electron chi connectivity index (χ3n) is 16.2. The van der Waals surface area contributed by atoms with Crippen LogP contribution in [0.25, 0.3) is 0 Å². The number of alkyl carbamates (subject to hydrolysis) is 4. The van der Waals surface area contributed by atoms with E-state index in [-0.39, 0.29) is 112 Å². The molecule has 0 aliphatic heterocycles. The van der Waals surface area contributed by atoms with Gasteiger partial charge in [-0.05, 0) is 209 Å². The molecule has 10 atom stereocenters. The van der Waals surface area contributed by atoms with Gasteiger partial charge in [0.1, 0.15) is 44.5 Å². The highest BCUT2D eigenvalue weighted by molar-refractivity contribution is 9.10. The zero-order valence-electron chi connectivity index (χ0n) is 62.1. The lowest BCUT2D eigenvalue weighted by molar-refractivity contribution is -0.142. The van der Waals surface area contributed by atoms with Crippen molar-refractivity contribution in [2.45, 2.75) is 301 Å². The molecule has 0 radical (unpaired) electrons. The predicted octanol–water partition coefficient (Wildman–Crippen LogP) is 15.0. The number of nitrogens with two attached hydrogens (primary N) is 2. The van der Waals surface area contributed by atoms with E-state index >= 15 is 0 Å². The average molecular weight is 1630 g/mol. The second kappa shape index (κ2) is 38.7. The van der Waals surface area contributed by atoms with Gasteiger partial charge in [-0.2, -0.15) is 52.7 Å². The quantitative estimate of drug-likeness (QED) is 0.0465. The van der Waals surface area contributed by atoms with E-state index in [1.165, 1.54) is 13.8 Å². The van der Waals surface area contributed by atoms with Crippen LogP contribution in [0.3, 0.4) is 0 Å². The number of nitrogens with zero attached hydrogens (tertiary/aromatic N) is 8. The highest BCUT2D eigenvalue weighted by atomic mass is 79.9. The molecule has 604 valence electrons. The van der Waals surface area contributed by atoms with Crippen molar-refractivity contribution in [1.82, 2.24) is 61.1 Å². The first-order valence-electron chi connectivity index (χ1n) is 34.6. The topological polar surface area (TPSA) is 357 Å². The summed E-state index contributed by atoms with van der Waals surface area (Å²) in [4.78, 5) is 76.2. The first kappa shape index (κ1) is 91.8. The fourth-order valence-corrected chi connectivity index (χ4v) is 11.9. The van der Waals surface area contributed by atoms with Crippen molar-refractivity contribution in [3.63, 3.8) is 0 Å². The molecule has 0 saturated heterocycles. The number of hydrogen-bond acceptors (Lipinski definition) is 22. The van der Waals surface area contributed by atoms with Crippen molar-refractivity contribution in [1.29, 1.82) is 0 Å². The van der Waals surface area contributed by atoms with E-state index in [1.807, 2.05) is 20.8 Å². The van der Waals surface area contributed by atoms with Crippen LogP contribution < -0.4 is 54.0 Å². The minimum absolute atomic E-state index is 0. The first-order chi connectivity index (χ1) is 48.7. The lowest BCUT2D eigenvalue weighted by Gasteiger charge is -2.26. The smallest absolute Gasteiger partial charge is 0.434 e. The SMILES string of the molecule is CC(C)(C)OC(=O)N[C@H]1CCC[C@@H]1N.CC(C)(C)OC(=O)N[C@H]1CCC[C@@H]1Nc1cnc(C(F)(F)F)cn1.CC(C)(C)OC(=O)N[C@H]1CCC[C@@H]1Nc1ncc(C(F)(F)F)nc1Br.Cc1nc(C(F)(F)F)cnc1N[C@H]1CCC[C@@H]1N.Cc1nc(C(F)(F)F)cnc1N[C@H]1CCC[C@@H]1NC(=O)OC(C)(C)C.Cl. The van der Waals surface area contributed by atoms with Crippen LogP contribution in [0.4, 0.5) is 95.1 Å². The van der Waals surface area contributed by atoms with E-state index < -0.39 is 88.2 Å². The summed E-state index contributed by atoms with van der Waals surface area (Å²) in [5.74, 6) is 1.11. The molecule has 4 aromatic rings. The number of hydrogen-bond donors (Lipinski definition) is 10. The Balaban J connectivity index is 0.000000286. The van der Waals surface area contributed by atoms with Crippen molar-refractivity contribution < 1.29 is 90.8 Å². The molecule has 0 unspecified atom stereocenters. The maximum absolute atomic E-state index is 12.7. The van der Waals surface area contributed by atoms with Crippen molar-refractivity contribution in [2.75, 3.05) is 21.3 Å². The van der Waals surface area contributed by atoms with E-state index in [4.69, 9.17) is 30.4 Å². The molecular weight excluding hydrogens is 1530 g/mol. The number of carbonyl (C=O) groups excluding carboxylic acids is 4. The zero-order valence-corrected chi connectivity index (χ0v) is 64.5. The van der Waals surface area contributed by atoms with Gasteiger partial charge in [-0.1, -0.05) is 0 Å². The number of aromatic nitrogens is 8. The summed E-state index contributed by atoms with van der Waals surface area (Å²) in [6.07, 6.45) is -3.06. The Bertz CT molecular complexity index is 3400. The van der Waals surface area contributed by atoms with Crippen molar-refractivity contribution in [2.24, 2.45) is 11.5 Å². The van der Waals surface area contributed by atoms with Gasteiger partial charge in [0.25, 0.3) is 0 Å². The minimum atomic E-state index is -4.55. The molecule has 0 bridgehead atoms. The Morgan fingerprint density at radius 1 is 0.364 bits per heavy atom.